The van der Waals surface area contributed by atoms with E-state index in [0.29, 0.717) is 6.61 Å². The molecule has 12 heavy (non-hydrogen) atoms. The third kappa shape index (κ3) is 6.85. The molecule has 0 atom stereocenters. The van der Waals surface area contributed by atoms with Gasteiger partial charge >= 0.3 is 6.09 Å². The van der Waals surface area contributed by atoms with Crippen molar-refractivity contribution in [2.45, 2.75) is 20.8 Å². The Hall–Kier alpha value is -1.26. The first-order valence-electron chi connectivity index (χ1n) is 3.70. The maximum Gasteiger partial charge on any atom is 0.409 e. The number of alkyl carbamates (subject to hydrolysis) is 1. The monoisotopic (exact) mass is 174 g/mol. The quantitative estimate of drug-likeness (QED) is 0.300. The predicted octanol–water partition coefficient (Wildman–Crippen LogP) is 1.10. The van der Waals surface area contributed by atoms with Crippen LogP contribution in [0.3, 0.4) is 0 Å². The van der Waals surface area contributed by atoms with Crippen LogP contribution in [-0.2, 0) is 9.57 Å². The molecule has 0 aliphatic heterocycles. The van der Waals surface area contributed by atoms with Crippen molar-refractivity contribution in [2.24, 2.45) is 5.16 Å². The number of oxime groups is 1. The van der Waals surface area contributed by atoms with Gasteiger partial charge in [0.25, 0.3) is 0 Å². The Morgan fingerprint density at radius 3 is 2.67 bits per heavy atom. The van der Waals surface area contributed by atoms with Gasteiger partial charge in [0.2, 0.25) is 0 Å². The van der Waals surface area contributed by atoms with E-state index in [2.05, 4.69) is 20.0 Å². The highest BCUT2D eigenvalue weighted by molar-refractivity contribution is 5.78. The molecule has 0 fully saturated rings. The van der Waals surface area contributed by atoms with Crippen LogP contribution in [0.4, 0.5) is 4.79 Å². The lowest BCUT2D eigenvalue weighted by atomic mass is 10.5. The molecule has 5 nitrogen and oxygen atoms in total. The molecule has 0 aromatic rings. The summed E-state index contributed by atoms with van der Waals surface area (Å²) in [7, 11) is 0. The van der Waals surface area contributed by atoms with Gasteiger partial charge in [-0.05, 0) is 20.8 Å². The van der Waals surface area contributed by atoms with E-state index in [1.54, 1.807) is 20.8 Å². The fraction of sp³-hybridized carbons (Fsp3) is 0.714. The Labute approximate surface area is 71.7 Å². The summed E-state index contributed by atoms with van der Waals surface area (Å²) in [6, 6.07) is 0. The number of amides is 1. The average Bonchev–Trinajstić information content (AvgIpc) is 1.98. The van der Waals surface area contributed by atoms with Gasteiger partial charge in [0.1, 0.15) is 0 Å². The lowest BCUT2D eigenvalue weighted by molar-refractivity contribution is 0.102. The first kappa shape index (κ1) is 10.7. The smallest absolute Gasteiger partial charge is 0.409 e. The van der Waals surface area contributed by atoms with E-state index in [1.165, 1.54) is 0 Å². The van der Waals surface area contributed by atoms with E-state index < -0.39 is 6.09 Å². The molecule has 0 aromatic carbocycles. The fourth-order valence-electron chi connectivity index (χ4n) is 0.435. The molecule has 0 unspecified atom stereocenters. The summed E-state index contributed by atoms with van der Waals surface area (Å²) in [6.45, 7) is 5.70. The zero-order chi connectivity index (χ0) is 9.40. The minimum absolute atomic E-state index is 0.0318. The zero-order valence-corrected chi connectivity index (χ0v) is 7.59. The number of hydrogen-bond acceptors (Lipinski definition) is 4. The third-order valence-electron chi connectivity index (χ3n) is 0.804. The lowest BCUT2D eigenvalue weighted by Crippen LogP contribution is -2.26. The van der Waals surface area contributed by atoms with Crippen LogP contribution >= 0.6 is 0 Å². The van der Waals surface area contributed by atoms with Crippen molar-refractivity contribution >= 4 is 11.8 Å². The molecule has 0 aliphatic rings. The van der Waals surface area contributed by atoms with Gasteiger partial charge < -0.3 is 9.57 Å². The molecule has 1 amide bonds. The normalized spacial score (nSPS) is 8.58. The summed E-state index contributed by atoms with van der Waals surface area (Å²) in [5, 5.41) is 5.95. The molecule has 0 heterocycles. The largest absolute Gasteiger partial charge is 0.450 e. The Bertz CT molecular complexity index is 164. The number of carbonyl (C=O) groups excluding carboxylic acids is 1. The summed E-state index contributed by atoms with van der Waals surface area (Å²) < 4.78 is 4.57. The summed E-state index contributed by atoms with van der Waals surface area (Å²) >= 11 is 0. The van der Waals surface area contributed by atoms with Crippen molar-refractivity contribution < 1.29 is 14.4 Å². The molecule has 0 bridgehead atoms. The maximum atomic E-state index is 10.6. The lowest BCUT2D eigenvalue weighted by Gasteiger charge is -2.03. The number of hydrogen-bond donors (Lipinski definition) is 1. The molecule has 70 valence electrons. The number of carbonyl (C=O) groups is 1. The van der Waals surface area contributed by atoms with Crippen molar-refractivity contribution in [1.29, 1.82) is 0 Å². The Morgan fingerprint density at radius 1 is 1.50 bits per heavy atom. The Balaban J connectivity index is 3.31. The standard InChI is InChI=1S/C7H14N2O3/c1-4-11-7(10)8-5-12-9-6(2)3/h4-5H2,1-3H3,(H,8,10). The van der Waals surface area contributed by atoms with E-state index in [4.69, 9.17) is 0 Å². The summed E-state index contributed by atoms with van der Waals surface area (Å²) in [5.41, 5.74) is 0.792. The van der Waals surface area contributed by atoms with E-state index in [1.807, 2.05) is 0 Å². The SMILES string of the molecule is CCOC(=O)NCON=C(C)C. The van der Waals surface area contributed by atoms with Crippen molar-refractivity contribution in [2.75, 3.05) is 13.3 Å². The molecule has 0 radical (unpaired) electrons. The van der Waals surface area contributed by atoms with Crippen molar-refractivity contribution in [1.82, 2.24) is 5.32 Å². The van der Waals surface area contributed by atoms with E-state index in [0.717, 1.165) is 5.71 Å². The molecule has 0 rings (SSSR count). The third-order valence-corrected chi connectivity index (χ3v) is 0.804. The van der Waals surface area contributed by atoms with Crippen LogP contribution in [0.1, 0.15) is 20.8 Å². The van der Waals surface area contributed by atoms with Crippen molar-refractivity contribution in [3.8, 4) is 0 Å². The highest BCUT2D eigenvalue weighted by atomic mass is 16.6. The van der Waals surface area contributed by atoms with Gasteiger partial charge in [0.05, 0.1) is 12.3 Å². The minimum atomic E-state index is -0.499. The average molecular weight is 174 g/mol. The second kappa shape index (κ2) is 6.45. The molecule has 1 N–H and O–H groups in total. The minimum Gasteiger partial charge on any atom is -0.450 e. The van der Waals surface area contributed by atoms with Gasteiger partial charge in [-0.1, -0.05) is 5.16 Å². The van der Waals surface area contributed by atoms with E-state index >= 15 is 0 Å². The molecule has 0 spiro atoms. The summed E-state index contributed by atoms with van der Waals surface area (Å²) in [4.78, 5) is 15.3. The predicted molar refractivity (Wildman–Crippen MR) is 44.9 cm³/mol. The second-order valence-electron chi connectivity index (χ2n) is 2.21. The van der Waals surface area contributed by atoms with Crippen LogP contribution in [-0.4, -0.2) is 25.1 Å². The molecular weight excluding hydrogens is 160 g/mol. The topological polar surface area (TPSA) is 59.9 Å². The molecule has 5 heteroatoms. The van der Waals surface area contributed by atoms with Gasteiger partial charge in [-0.15, -0.1) is 0 Å². The number of nitrogens with one attached hydrogen (secondary N) is 1. The number of nitrogens with zero attached hydrogens (tertiary/aromatic N) is 1. The van der Waals surface area contributed by atoms with Crippen LogP contribution in [0.5, 0.6) is 0 Å². The summed E-state index contributed by atoms with van der Waals surface area (Å²) in [5.74, 6) is 0. The first-order chi connectivity index (χ1) is 5.66. The highest BCUT2D eigenvalue weighted by Gasteiger charge is 1.96. The van der Waals surface area contributed by atoms with E-state index in [-0.39, 0.29) is 6.73 Å². The maximum absolute atomic E-state index is 10.6. The van der Waals surface area contributed by atoms with Crippen molar-refractivity contribution in [3.63, 3.8) is 0 Å². The highest BCUT2D eigenvalue weighted by Crippen LogP contribution is 1.79. The van der Waals surface area contributed by atoms with Gasteiger partial charge in [-0.2, -0.15) is 0 Å². The second-order valence-corrected chi connectivity index (χ2v) is 2.21. The van der Waals surface area contributed by atoms with Gasteiger partial charge in [0.15, 0.2) is 6.73 Å². The number of rotatable bonds is 4. The fourth-order valence-corrected chi connectivity index (χ4v) is 0.435. The zero-order valence-electron chi connectivity index (χ0n) is 7.59. The van der Waals surface area contributed by atoms with Gasteiger partial charge in [-0.3, -0.25) is 5.32 Å². The molecule has 0 saturated heterocycles. The van der Waals surface area contributed by atoms with Gasteiger partial charge in [0, 0.05) is 0 Å². The Kier molecular flexibility index (Phi) is 5.77. The first-order valence-corrected chi connectivity index (χ1v) is 3.70. The van der Waals surface area contributed by atoms with E-state index in [9.17, 15) is 4.79 Å². The number of ether oxygens (including phenoxy) is 1. The van der Waals surface area contributed by atoms with Crippen LogP contribution in [0.25, 0.3) is 0 Å². The molecule has 0 saturated carbocycles. The van der Waals surface area contributed by atoms with Gasteiger partial charge in [-0.25, -0.2) is 4.79 Å². The Morgan fingerprint density at radius 2 is 2.17 bits per heavy atom. The van der Waals surface area contributed by atoms with Crippen LogP contribution < -0.4 is 5.32 Å². The van der Waals surface area contributed by atoms with Crippen LogP contribution in [0, 0.1) is 0 Å². The molecule has 0 aromatic heterocycles. The van der Waals surface area contributed by atoms with Crippen LogP contribution in [0.15, 0.2) is 5.16 Å². The molecular formula is C7H14N2O3. The summed E-state index contributed by atoms with van der Waals surface area (Å²) in [6.07, 6.45) is -0.499. The van der Waals surface area contributed by atoms with Crippen LogP contribution in [0.2, 0.25) is 0 Å². The molecule has 0 aliphatic carbocycles. The van der Waals surface area contributed by atoms with Crippen molar-refractivity contribution in [3.05, 3.63) is 0 Å².